The molecule has 104 valence electrons. The molecule has 0 saturated heterocycles. The third kappa shape index (κ3) is 4.49. The lowest BCUT2D eigenvalue weighted by atomic mass is 10.1. The van der Waals surface area contributed by atoms with Crippen molar-refractivity contribution in [3.05, 3.63) is 29.3 Å². The fraction of sp³-hybridized carbons (Fsp3) is 0.500. The van der Waals surface area contributed by atoms with E-state index >= 15 is 0 Å². The summed E-state index contributed by atoms with van der Waals surface area (Å²) in [6.45, 7) is 0.945. The predicted molar refractivity (Wildman–Crippen MR) is 76.3 cm³/mol. The van der Waals surface area contributed by atoms with Gasteiger partial charge in [0, 0.05) is 17.3 Å². The van der Waals surface area contributed by atoms with Crippen LogP contribution >= 0.6 is 11.6 Å². The van der Waals surface area contributed by atoms with Crippen molar-refractivity contribution in [1.29, 1.82) is 0 Å². The smallest absolute Gasteiger partial charge is 0.238 e. The maximum atomic E-state index is 11.7. The molecule has 0 aromatic heterocycles. The van der Waals surface area contributed by atoms with E-state index in [2.05, 4.69) is 10.6 Å². The Balaban J connectivity index is 1.68. The van der Waals surface area contributed by atoms with Crippen molar-refractivity contribution in [1.82, 2.24) is 5.32 Å². The Labute approximate surface area is 118 Å². The molecule has 2 unspecified atom stereocenters. The van der Waals surface area contributed by atoms with Crippen molar-refractivity contribution in [2.75, 3.05) is 18.4 Å². The second-order valence-electron chi connectivity index (χ2n) is 4.94. The topological polar surface area (TPSA) is 61.4 Å². The van der Waals surface area contributed by atoms with E-state index in [0.29, 0.717) is 11.6 Å². The molecular formula is C14H19ClN2O2. The molecule has 1 aliphatic carbocycles. The van der Waals surface area contributed by atoms with Gasteiger partial charge in [0.1, 0.15) is 0 Å². The van der Waals surface area contributed by atoms with Crippen molar-refractivity contribution in [2.45, 2.75) is 25.4 Å². The third-order valence-corrected chi connectivity index (χ3v) is 3.69. The van der Waals surface area contributed by atoms with Crippen LogP contribution in [0.4, 0.5) is 5.69 Å². The van der Waals surface area contributed by atoms with Gasteiger partial charge >= 0.3 is 0 Å². The number of aliphatic hydroxyl groups is 1. The van der Waals surface area contributed by atoms with Gasteiger partial charge in [0.2, 0.25) is 5.91 Å². The summed E-state index contributed by atoms with van der Waals surface area (Å²) in [5.41, 5.74) is 0.733. The highest BCUT2D eigenvalue weighted by Crippen LogP contribution is 2.24. The molecule has 19 heavy (non-hydrogen) atoms. The summed E-state index contributed by atoms with van der Waals surface area (Å²) in [5, 5.41) is 16.2. The summed E-state index contributed by atoms with van der Waals surface area (Å²) < 4.78 is 0. The number of aliphatic hydroxyl groups excluding tert-OH is 1. The van der Waals surface area contributed by atoms with Crippen LogP contribution in [0.2, 0.25) is 5.02 Å². The Hall–Kier alpha value is -1.10. The van der Waals surface area contributed by atoms with Gasteiger partial charge in [0.05, 0.1) is 12.6 Å². The maximum Gasteiger partial charge on any atom is 0.238 e. The van der Waals surface area contributed by atoms with Crippen molar-refractivity contribution >= 4 is 23.2 Å². The number of benzene rings is 1. The summed E-state index contributed by atoms with van der Waals surface area (Å²) >= 11 is 5.77. The fourth-order valence-corrected chi connectivity index (χ4v) is 2.49. The lowest BCUT2D eigenvalue weighted by Crippen LogP contribution is -2.34. The van der Waals surface area contributed by atoms with Gasteiger partial charge in [0.15, 0.2) is 0 Å². The molecule has 4 nitrogen and oxygen atoms in total. The summed E-state index contributed by atoms with van der Waals surface area (Å²) in [6.07, 6.45) is 2.77. The molecular weight excluding hydrogens is 264 g/mol. The molecule has 1 aromatic rings. The Morgan fingerprint density at radius 2 is 2.05 bits per heavy atom. The SMILES string of the molecule is O=C(CNCC1CCCC1O)Nc1ccc(Cl)cc1. The van der Waals surface area contributed by atoms with Gasteiger partial charge in [-0.25, -0.2) is 0 Å². The van der Waals surface area contributed by atoms with Crippen LogP contribution in [-0.4, -0.2) is 30.2 Å². The molecule has 2 rings (SSSR count). The standard InChI is InChI=1S/C14H19ClN2O2/c15-11-4-6-12(7-5-11)17-14(19)9-16-8-10-2-1-3-13(10)18/h4-7,10,13,16,18H,1-3,8-9H2,(H,17,19). The minimum absolute atomic E-state index is 0.0881. The predicted octanol–water partition coefficient (Wildman–Crippen LogP) is 2.03. The number of anilines is 1. The molecule has 1 saturated carbocycles. The highest BCUT2D eigenvalue weighted by Gasteiger charge is 2.24. The molecule has 0 aliphatic heterocycles. The molecule has 0 radical (unpaired) electrons. The minimum atomic E-state index is -0.216. The largest absolute Gasteiger partial charge is 0.393 e. The van der Waals surface area contributed by atoms with E-state index in [4.69, 9.17) is 11.6 Å². The van der Waals surface area contributed by atoms with E-state index in [-0.39, 0.29) is 24.5 Å². The van der Waals surface area contributed by atoms with Gasteiger partial charge in [-0.15, -0.1) is 0 Å². The van der Waals surface area contributed by atoms with Crippen molar-refractivity contribution in [3.8, 4) is 0 Å². The zero-order chi connectivity index (χ0) is 13.7. The number of carbonyl (C=O) groups excluding carboxylic acids is 1. The first-order valence-electron chi connectivity index (χ1n) is 6.59. The average molecular weight is 283 g/mol. The van der Waals surface area contributed by atoms with Gasteiger partial charge in [-0.2, -0.15) is 0 Å². The number of hydrogen-bond acceptors (Lipinski definition) is 3. The molecule has 0 heterocycles. The number of hydrogen-bond donors (Lipinski definition) is 3. The first-order valence-corrected chi connectivity index (χ1v) is 6.97. The van der Waals surface area contributed by atoms with Crippen LogP contribution in [0.5, 0.6) is 0 Å². The molecule has 3 N–H and O–H groups in total. The highest BCUT2D eigenvalue weighted by molar-refractivity contribution is 6.30. The van der Waals surface area contributed by atoms with Crippen LogP contribution < -0.4 is 10.6 Å². The van der Waals surface area contributed by atoms with Crippen LogP contribution in [0.15, 0.2) is 24.3 Å². The highest BCUT2D eigenvalue weighted by atomic mass is 35.5. The number of carbonyl (C=O) groups is 1. The Bertz CT molecular complexity index is 422. The number of halogens is 1. The number of nitrogens with one attached hydrogen (secondary N) is 2. The van der Waals surface area contributed by atoms with E-state index in [1.807, 2.05) is 0 Å². The normalized spacial score (nSPS) is 22.4. The Kier molecular flexibility index (Phi) is 5.19. The summed E-state index contributed by atoms with van der Waals surface area (Å²) in [7, 11) is 0. The molecule has 2 atom stereocenters. The first kappa shape index (κ1) is 14.3. The van der Waals surface area contributed by atoms with Gasteiger partial charge in [-0.05, 0) is 43.0 Å². The maximum absolute atomic E-state index is 11.7. The molecule has 5 heteroatoms. The Morgan fingerprint density at radius 3 is 2.68 bits per heavy atom. The van der Waals surface area contributed by atoms with Crippen molar-refractivity contribution in [2.24, 2.45) is 5.92 Å². The van der Waals surface area contributed by atoms with E-state index in [9.17, 15) is 9.90 Å². The number of rotatable bonds is 5. The minimum Gasteiger partial charge on any atom is -0.393 e. The van der Waals surface area contributed by atoms with E-state index in [0.717, 1.165) is 24.9 Å². The van der Waals surface area contributed by atoms with Crippen molar-refractivity contribution in [3.63, 3.8) is 0 Å². The van der Waals surface area contributed by atoms with Gasteiger partial charge < -0.3 is 15.7 Å². The molecule has 1 aromatic carbocycles. The lowest BCUT2D eigenvalue weighted by molar-refractivity contribution is -0.115. The lowest BCUT2D eigenvalue weighted by Gasteiger charge is -2.14. The van der Waals surface area contributed by atoms with Crippen LogP contribution in [0.1, 0.15) is 19.3 Å². The first-order chi connectivity index (χ1) is 9.15. The van der Waals surface area contributed by atoms with E-state index in [1.165, 1.54) is 0 Å². The van der Waals surface area contributed by atoms with Crippen LogP contribution in [0.25, 0.3) is 0 Å². The molecule has 1 fully saturated rings. The van der Waals surface area contributed by atoms with E-state index in [1.54, 1.807) is 24.3 Å². The van der Waals surface area contributed by atoms with Crippen LogP contribution in [0, 0.1) is 5.92 Å². The molecule has 1 aliphatic rings. The summed E-state index contributed by atoms with van der Waals surface area (Å²) in [6, 6.07) is 7.00. The van der Waals surface area contributed by atoms with Crippen LogP contribution in [-0.2, 0) is 4.79 Å². The third-order valence-electron chi connectivity index (χ3n) is 3.44. The van der Waals surface area contributed by atoms with E-state index < -0.39 is 0 Å². The number of amides is 1. The van der Waals surface area contributed by atoms with Crippen molar-refractivity contribution < 1.29 is 9.90 Å². The summed E-state index contributed by atoms with van der Waals surface area (Å²) in [4.78, 5) is 11.7. The monoisotopic (exact) mass is 282 g/mol. The second-order valence-corrected chi connectivity index (χ2v) is 5.38. The molecule has 0 spiro atoms. The second kappa shape index (κ2) is 6.89. The average Bonchev–Trinajstić information content (AvgIpc) is 2.78. The zero-order valence-corrected chi connectivity index (χ0v) is 11.5. The molecule has 1 amide bonds. The molecule has 0 bridgehead atoms. The fourth-order valence-electron chi connectivity index (χ4n) is 2.36. The van der Waals surface area contributed by atoms with Gasteiger partial charge in [-0.3, -0.25) is 4.79 Å². The summed E-state index contributed by atoms with van der Waals surface area (Å²) in [5.74, 6) is 0.193. The van der Waals surface area contributed by atoms with Gasteiger partial charge in [-0.1, -0.05) is 18.0 Å². The van der Waals surface area contributed by atoms with Crippen LogP contribution in [0.3, 0.4) is 0 Å². The quantitative estimate of drug-likeness (QED) is 0.774. The Morgan fingerprint density at radius 1 is 1.32 bits per heavy atom. The van der Waals surface area contributed by atoms with Gasteiger partial charge in [0.25, 0.3) is 0 Å². The zero-order valence-electron chi connectivity index (χ0n) is 10.7.